The van der Waals surface area contributed by atoms with Gasteiger partial charge in [0.05, 0.1) is 0 Å². The maximum Gasteiger partial charge on any atom is 0.410 e. The SMILES string of the molecule is CC(C)(C)OC(=O)N1CC=C(c2ncccc2F)CC1. The highest BCUT2D eigenvalue weighted by Gasteiger charge is 2.24. The zero-order valence-corrected chi connectivity index (χ0v) is 12.0. The maximum absolute atomic E-state index is 13.6. The number of carbonyl (C=O) groups excluding carboxylic acids is 1. The number of rotatable bonds is 1. The molecule has 0 saturated heterocycles. The second-order valence-corrected chi connectivity index (χ2v) is 5.74. The third-order valence-corrected chi connectivity index (χ3v) is 2.92. The molecule has 2 heterocycles. The summed E-state index contributed by atoms with van der Waals surface area (Å²) in [5.74, 6) is -0.329. The second kappa shape index (κ2) is 5.61. The van der Waals surface area contributed by atoms with Gasteiger partial charge in [-0.1, -0.05) is 6.08 Å². The molecule has 0 bridgehead atoms. The molecule has 1 amide bonds. The predicted octanol–water partition coefficient (Wildman–Crippen LogP) is 3.24. The fraction of sp³-hybridized carbons (Fsp3) is 0.467. The Morgan fingerprint density at radius 1 is 1.45 bits per heavy atom. The van der Waals surface area contributed by atoms with E-state index in [0.717, 1.165) is 5.57 Å². The van der Waals surface area contributed by atoms with Crippen LogP contribution in [0.4, 0.5) is 9.18 Å². The van der Waals surface area contributed by atoms with E-state index in [2.05, 4.69) is 4.98 Å². The van der Waals surface area contributed by atoms with Crippen LogP contribution in [0, 0.1) is 5.82 Å². The lowest BCUT2D eigenvalue weighted by molar-refractivity contribution is 0.0270. The van der Waals surface area contributed by atoms with Crippen LogP contribution in [0.15, 0.2) is 24.4 Å². The Morgan fingerprint density at radius 2 is 2.20 bits per heavy atom. The molecule has 2 rings (SSSR count). The molecule has 108 valence electrons. The van der Waals surface area contributed by atoms with E-state index in [1.54, 1.807) is 17.2 Å². The van der Waals surface area contributed by atoms with Crippen molar-refractivity contribution in [2.24, 2.45) is 0 Å². The highest BCUT2D eigenvalue weighted by atomic mass is 19.1. The van der Waals surface area contributed by atoms with Crippen molar-refractivity contribution in [3.05, 3.63) is 35.9 Å². The van der Waals surface area contributed by atoms with Gasteiger partial charge in [0, 0.05) is 19.3 Å². The van der Waals surface area contributed by atoms with Gasteiger partial charge in [0.2, 0.25) is 0 Å². The van der Waals surface area contributed by atoms with Gasteiger partial charge >= 0.3 is 6.09 Å². The number of carbonyl (C=O) groups is 1. The Morgan fingerprint density at radius 3 is 2.75 bits per heavy atom. The van der Waals surface area contributed by atoms with Crippen LogP contribution >= 0.6 is 0 Å². The Balaban J connectivity index is 2.04. The van der Waals surface area contributed by atoms with E-state index in [4.69, 9.17) is 4.74 Å². The Bertz CT molecular complexity index is 535. The lowest BCUT2D eigenvalue weighted by Crippen LogP contribution is -2.39. The highest BCUT2D eigenvalue weighted by Crippen LogP contribution is 2.23. The second-order valence-electron chi connectivity index (χ2n) is 5.74. The summed E-state index contributed by atoms with van der Waals surface area (Å²) in [5, 5.41) is 0. The first kappa shape index (κ1) is 14.5. The number of aromatic nitrogens is 1. The molecule has 0 aliphatic carbocycles. The Kier molecular flexibility index (Phi) is 4.06. The largest absolute Gasteiger partial charge is 0.444 e. The van der Waals surface area contributed by atoms with E-state index in [0.29, 0.717) is 25.2 Å². The third kappa shape index (κ3) is 3.56. The molecule has 20 heavy (non-hydrogen) atoms. The molecule has 0 radical (unpaired) electrons. The number of hydrogen-bond donors (Lipinski definition) is 0. The average molecular weight is 278 g/mol. The van der Waals surface area contributed by atoms with Gasteiger partial charge in [-0.15, -0.1) is 0 Å². The zero-order chi connectivity index (χ0) is 14.8. The van der Waals surface area contributed by atoms with Gasteiger partial charge in [0.25, 0.3) is 0 Å². The average Bonchev–Trinajstić information content (AvgIpc) is 2.37. The Hall–Kier alpha value is -1.91. The summed E-state index contributed by atoms with van der Waals surface area (Å²) in [6.07, 6.45) is 3.64. The van der Waals surface area contributed by atoms with Crippen LogP contribution in [-0.2, 0) is 4.74 Å². The molecule has 1 aromatic rings. The number of hydrogen-bond acceptors (Lipinski definition) is 3. The van der Waals surface area contributed by atoms with Crippen LogP contribution in [0.1, 0.15) is 32.9 Å². The molecule has 0 unspecified atom stereocenters. The standard InChI is InChI=1S/C15H19FN2O2/c1-15(2,3)20-14(19)18-9-6-11(7-10-18)13-12(16)5-4-8-17-13/h4-6,8H,7,9-10H2,1-3H3. The van der Waals surface area contributed by atoms with Crippen molar-refractivity contribution in [3.8, 4) is 0 Å². The monoisotopic (exact) mass is 278 g/mol. The summed E-state index contributed by atoms with van der Waals surface area (Å²) in [6.45, 7) is 6.43. The third-order valence-electron chi connectivity index (χ3n) is 2.92. The molecule has 4 nitrogen and oxygen atoms in total. The van der Waals surface area contributed by atoms with Crippen molar-refractivity contribution in [1.82, 2.24) is 9.88 Å². The van der Waals surface area contributed by atoms with Gasteiger partial charge in [0.15, 0.2) is 0 Å². The molecule has 1 aliphatic heterocycles. The van der Waals surface area contributed by atoms with Crippen molar-refractivity contribution in [2.75, 3.05) is 13.1 Å². The first-order valence-electron chi connectivity index (χ1n) is 6.65. The first-order chi connectivity index (χ1) is 9.37. The van der Waals surface area contributed by atoms with E-state index in [1.165, 1.54) is 6.07 Å². The van der Waals surface area contributed by atoms with E-state index in [9.17, 15) is 9.18 Å². The van der Waals surface area contributed by atoms with Gasteiger partial charge in [0.1, 0.15) is 17.1 Å². The maximum atomic E-state index is 13.6. The van der Waals surface area contributed by atoms with Gasteiger partial charge < -0.3 is 9.64 Å². The highest BCUT2D eigenvalue weighted by molar-refractivity contribution is 5.71. The Labute approximate surface area is 118 Å². The van der Waals surface area contributed by atoms with Gasteiger partial charge in [-0.05, 0) is 44.9 Å². The lowest BCUT2D eigenvalue weighted by atomic mass is 10.0. The number of ether oxygens (including phenoxy) is 1. The fourth-order valence-corrected chi connectivity index (χ4v) is 2.00. The quantitative estimate of drug-likeness (QED) is 0.792. The van der Waals surface area contributed by atoms with Crippen LogP contribution in [0.25, 0.3) is 5.57 Å². The minimum Gasteiger partial charge on any atom is -0.444 e. The summed E-state index contributed by atoms with van der Waals surface area (Å²) in [6, 6.07) is 2.96. The normalized spacial score (nSPS) is 15.8. The molecule has 0 spiro atoms. The smallest absolute Gasteiger partial charge is 0.410 e. The minimum absolute atomic E-state index is 0.329. The summed E-state index contributed by atoms with van der Waals surface area (Å²) in [4.78, 5) is 17.6. The van der Waals surface area contributed by atoms with E-state index < -0.39 is 5.60 Å². The molecule has 0 aromatic carbocycles. The number of nitrogens with zero attached hydrogens (tertiary/aromatic N) is 2. The van der Waals surface area contributed by atoms with Gasteiger partial charge in [-0.2, -0.15) is 0 Å². The van der Waals surface area contributed by atoms with Crippen molar-refractivity contribution < 1.29 is 13.9 Å². The van der Waals surface area contributed by atoms with Gasteiger partial charge in [-0.25, -0.2) is 9.18 Å². The minimum atomic E-state index is -0.506. The summed E-state index contributed by atoms with van der Waals surface area (Å²) < 4.78 is 19.0. The molecule has 0 N–H and O–H groups in total. The van der Waals surface area contributed by atoms with Crippen LogP contribution in [0.3, 0.4) is 0 Å². The molecular weight excluding hydrogens is 259 g/mol. The van der Waals surface area contributed by atoms with E-state index >= 15 is 0 Å². The van der Waals surface area contributed by atoms with Crippen LogP contribution in [0.5, 0.6) is 0 Å². The van der Waals surface area contributed by atoms with Crippen molar-refractivity contribution in [3.63, 3.8) is 0 Å². The molecule has 1 aliphatic rings. The zero-order valence-electron chi connectivity index (χ0n) is 12.0. The van der Waals surface area contributed by atoms with Crippen molar-refractivity contribution >= 4 is 11.7 Å². The molecule has 1 aromatic heterocycles. The van der Waals surface area contributed by atoms with Crippen LogP contribution < -0.4 is 0 Å². The lowest BCUT2D eigenvalue weighted by Gasteiger charge is -2.29. The fourth-order valence-electron chi connectivity index (χ4n) is 2.00. The number of halogens is 1. The van der Waals surface area contributed by atoms with Crippen LogP contribution in [-0.4, -0.2) is 34.7 Å². The summed E-state index contributed by atoms with van der Waals surface area (Å²) in [7, 11) is 0. The summed E-state index contributed by atoms with van der Waals surface area (Å²) >= 11 is 0. The van der Waals surface area contributed by atoms with E-state index in [-0.39, 0.29) is 11.9 Å². The number of amides is 1. The number of pyridine rings is 1. The van der Waals surface area contributed by atoms with Crippen LogP contribution in [0.2, 0.25) is 0 Å². The molecule has 0 fully saturated rings. The first-order valence-corrected chi connectivity index (χ1v) is 6.65. The topological polar surface area (TPSA) is 42.4 Å². The molecular formula is C15H19FN2O2. The van der Waals surface area contributed by atoms with Gasteiger partial charge in [-0.3, -0.25) is 4.98 Å². The summed E-state index contributed by atoms with van der Waals surface area (Å²) in [5.41, 5.74) is 0.702. The molecule has 5 heteroatoms. The van der Waals surface area contributed by atoms with E-state index in [1.807, 2.05) is 26.8 Å². The van der Waals surface area contributed by atoms with Crippen molar-refractivity contribution in [1.29, 1.82) is 0 Å². The predicted molar refractivity (Wildman–Crippen MR) is 74.6 cm³/mol. The van der Waals surface area contributed by atoms with Crippen molar-refractivity contribution in [2.45, 2.75) is 32.8 Å². The molecule has 0 saturated carbocycles. The molecule has 0 atom stereocenters.